The van der Waals surface area contributed by atoms with Crippen LogP contribution in [0.25, 0.3) is 0 Å². The van der Waals surface area contributed by atoms with Crippen molar-refractivity contribution >= 4 is 11.9 Å². The summed E-state index contributed by atoms with van der Waals surface area (Å²) in [6.07, 6.45) is 1.06. The van der Waals surface area contributed by atoms with E-state index in [0.29, 0.717) is 17.5 Å². The highest BCUT2D eigenvalue weighted by Crippen LogP contribution is 2.18. The molecule has 0 bridgehead atoms. The van der Waals surface area contributed by atoms with Gasteiger partial charge >= 0.3 is 11.9 Å². The summed E-state index contributed by atoms with van der Waals surface area (Å²) in [5, 5.41) is 0. The third-order valence-corrected chi connectivity index (χ3v) is 4.19. The van der Waals surface area contributed by atoms with Crippen molar-refractivity contribution in [3.63, 3.8) is 0 Å². The Balaban J connectivity index is 1.90. The van der Waals surface area contributed by atoms with Gasteiger partial charge < -0.3 is 9.47 Å². The van der Waals surface area contributed by atoms with Crippen LogP contribution in [0.2, 0.25) is 0 Å². The molecule has 0 spiro atoms. The molecule has 0 fully saturated rings. The summed E-state index contributed by atoms with van der Waals surface area (Å²) < 4.78 is 11.0. The first-order chi connectivity index (χ1) is 12.1. The Kier molecular flexibility index (Phi) is 7.20. The van der Waals surface area contributed by atoms with Crippen LogP contribution in [-0.2, 0) is 9.47 Å². The van der Waals surface area contributed by atoms with Crippen molar-refractivity contribution in [2.75, 3.05) is 6.61 Å². The zero-order valence-corrected chi connectivity index (χ0v) is 14.7. The number of esters is 2. The van der Waals surface area contributed by atoms with Crippen LogP contribution in [0.15, 0.2) is 60.7 Å². The summed E-state index contributed by atoms with van der Waals surface area (Å²) in [6, 6.07) is 17.8. The monoisotopic (exact) mass is 340 g/mol. The third kappa shape index (κ3) is 5.75. The van der Waals surface area contributed by atoms with Crippen molar-refractivity contribution in [1.29, 1.82) is 0 Å². The fourth-order valence-corrected chi connectivity index (χ4v) is 2.43. The van der Waals surface area contributed by atoms with Gasteiger partial charge in [0.05, 0.1) is 17.7 Å². The molecule has 2 atom stereocenters. The molecule has 0 aromatic heterocycles. The van der Waals surface area contributed by atoms with Crippen molar-refractivity contribution < 1.29 is 19.1 Å². The molecule has 0 aliphatic carbocycles. The SMILES string of the molecule is CCC(C)C(CCOC(=O)c1ccccc1)OC(=O)c1ccccc1. The molecule has 0 heterocycles. The Morgan fingerprint density at radius 1 is 0.880 bits per heavy atom. The average molecular weight is 340 g/mol. The number of rotatable bonds is 8. The van der Waals surface area contributed by atoms with E-state index in [-0.39, 0.29) is 30.6 Å². The standard InChI is InChI=1S/C21H24O4/c1-3-16(2)19(25-21(23)18-12-8-5-9-13-18)14-15-24-20(22)17-10-6-4-7-11-17/h4-13,16,19H,3,14-15H2,1-2H3. The number of hydrogen-bond donors (Lipinski definition) is 0. The van der Waals surface area contributed by atoms with Crippen LogP contribution in [0, 0.1) is 5.92 Å². The van der Waals surface area contributed by atoms with Gasteiger partial charge in [0.15, 0.2) is 0 Å². The van der Waals surface area contributed by atoms with Crippen LogP contribution >= 0.6 is 0 Å². The Bertz CT molecular complexity index is 667. The molecular weight excluding hydrogens is 316 g/mol. The van der Waals surface area contributed by atoms with Gasteiger partial charge in [-0.05, 0) is 30.2 Å². The molecule has 0 amide bonds. The second-order valence-electron chi connectivity index (χ2n) is 5.99. The number of hydrogen-bond acceptors (Lipinski definition) is 4. The van der Waals surface area contributed by atoms with E-state index in [9.17, 15) is 9.59 Å². The highest BCUT2D eigenvalue weighted by atomic mass is 16.6. The van der Waals surface area contributed by atoms with E-state index in [1.807, 2.05) is 26.0 Å². The molecule has 4 heteroatoms. The quantitative estimate of drug-likeness (QED) is 0.664. The van der Waals surface area contributed by atoms with Gasteiger partial charge in [0.25, 0.3) is 0 Å². The maximum atomic E-state index is 12.3. The smallest absolute Gasteiger partial charge is 0.338 e. The Morgan fingerprint density at radius 3 is 1.92 bits per heavy atom. The van der Waals surface area contributed by atoms with Crippen molar-refractivity contribution in [2.24, 2.45) is 5.92 Å². The largest absolute Gasteiger partial charge is 0.462 e. The maximum absolute atomic E-state index is 12.3. The van der Waals surface area contributed by atoms with E-state index in [2.05, 4.69) is 0 Å². The molecular formula is C21H24O4. The number of ether oxygens (including phenoxy) is 2. The lowest BCUT2D eigenvalue weighted by atomic mass is 9.99. The molecule has 2 aromatic carbocycles. The van der Waals surface area contributed by atoms with Gasteiger partial charge in [-0.2, -0.15) is 0 Å². The molecule has 4 nitrogen and oxygen atoms in total. The van der Waals surface area contributed by atoms with E-state index < -0.39 is 0 Å². The summed E-state index contributed by atoms with van der Waals surface area (Å²) in [5.74, 6) is -0.527. The number of carbonyl (C=O) groups is 2. The van der Waals surface area contributed by atoms with Crippen LogP contribution in [0.4, 0.5) is 0 Å². The highest BCUT2D eigenvalue weighted by Gasteiger charge is 2.22. The third-order valence-electron chi connectivity index (χ3n) is 4.19. The lowest BCUT2D eigenvalue weighted by Crippen LogP contribution is -2.27. The van der Waals surface area contributed by atoms with Crippen LogP contribution in [-0.4, -0.2) is 24.6 Å². The van der Waals surface area contributed by atoms with Gasteiger partial charge in [-0.3, -0.25) is 0 Å². The van der Waals surface area contributed by atoms with Gasteiger partial charge in [-0.25, -0.2) is 9.59 Å². The molecule has 0 aliphatic heterocycles. The zero-order valence-electron chi connectivity index (χ0n) is 14.7. The van der Waals surface area contributed by atoms with Gasteiger partial charge in [0, 0.05) is 6.42 Å². The molecule has 2 rings (SSSR count). The first-order valence-electron chi connectivity index (χ1n) is 8.60. The molecule has 0 aliphatic rings. The van der Waals surface area contributed by atoms with E-state index in [1.54, 1.807) is 48.5 Å². The lowest BCUT2D eigenvalue weighted by Gasteiger charge is -2.23. The second-order valence-corrected chi connectivity index (χ2v) is 5.99. The summed E-state index contributed by atoms with van der Waals surface area (Å²) in [7, 11) is 0. The molecule has 0 saturated heterocycles. The van der Waals surface area contributed by atoms with Crippen LogP contribution in [0.1, 0.15) is 47.4 Å². The second kappa shape index (κ2) is 9.62. The highest BCUT2D eigenvalue weighted by molar-refractivity contribution is 5.89. The summed E-state index contributed by atoms with van der Waals surface area (Å²) >= 11 is 0. The van der Waals surface area contributed by atoms with Crippen LogP contribution < -0.4 is 0 Å². The average Bonchev–Trinajstić information content (AvgIpc) is 2.67. The Morgan fingerprint density at radius 2 is 1.40 bits per heavy atom. The minimum Gasteiger partial charge on any atom is -0.462 e. The first-order valence-corrected chi connectivity index (χ1v) is 8.60. The molecule has 132 valence electrons. The Hall–Kier alpha value is -2.62. The fourth-order valence-electron chi connectivity index (χ4n) is 2.43. The van der Waals surface area contributed by atoms with Gasteiger partial charge in [0.1, 0.15) is 6.10 Å². The normalized spacial score (nSPS) is 12.9. The Labute approximate surface area is 148 Å². The predicted molar refractivity (Wildman–Crippen MR) is 96.4 cm³/mol. The van der Waals surface area contributed by atoms with Crippen molar-refractivity contribution in [3.05, 3.63) is 71.8 Å². The molecule has 0 radical (unpaired) electrons. The number of benzene rings is 2. The molecule has 25 heavy (non-hydrogen) atoms. The number of carbonyl (C=O) groups excluding carboxylic acids is 2. The zero-order chi connectivity index (χ0) is 18.1. The first kappa shape index (κ1) is 18.7. The van der Waals surface area contributed by atoms with Crippen molar-refractivity contribution in [2.45, 2.75) is 32.8 Å². The van der Waals surface area contributed by atoms with E-state index in [4.69, 9.17) is 9.47 Å². The molecule has 0 N–H and O–H groups in total. The molecule has 2 unspecified atom stereocenters. The van der Waals surface area contributed by atoms with Gasteiger partial charge in [-0.1, -0.05) is 56.7 Å². The minimum absolute atomic E-state index is 0.183. The fraction of sp³-hybridized carbons (Fsp3) is 0.333. The lowest BCUT2D eigenvalue weighted by molar-refractivity contribution is 0.00347. The van der Waals surface area contributed by atoms with E-state index in [0.717, 1.165) is 6.42 Å². The van der Waals surface area contributed by atoms with Gasteiger partial charge in [-0.15, -0.1) is 0 Å². The predicted octanol–water partition coefficient (Wildman–Crippen LogP) is 4.51. The van der Waals surface area contributed by atoms with Crippen LogP contribution in [0.5, 0.6) is 0 Å². The van der Waals surface area contributed by atoms with Gasteiger partial charge in [0.2, 0.25) is 0 Å². The topological polar surface area (TPSA) is 52.6 Å². The van der Waals surface area contributed by atoms with E-state index in [1.165, 1.54) is 0 Å². The van der Waals surface area contributed by atoms with Crippen LogP contribution in [0.3, 0.4) is 0 Å². The van der Waals surface area contributed by atoms with Crippen molar-refractivity contribution in [3.8, 4) is 0 Å². The summed E-state index contributed by atoms with van der Waals surface area (Å²) in [5.41, 5.74) is 1.04. The summed E-state index contributed by atoms with van der Waals surface area (Å²) in [6.45, 7) is 4.29. The minimum atomic E-state index is -0.363. The molecule has 0 saturated carbocycles. The molecule has 2 aromatic rings. The van der Waals surface area contributed by atoms with Crippen molar-refractivity contribution in [1.82, 2.24) is 0 Å². The summed E-state index contributed by atoms with van der Waals surface area (Å²) in [4.78, 5) is 24.2. The maximum Gasteiger partial charge on any atom is 0.338 e. The van der Waals surface area contributed by atoms with E-state index >= 15 is 0 Å².